The summed E-state index contributed by atoms with van der Waals surface area (Å²) in [7, 11) is 0. The number of benzene rings is 2. The van der Waals surface area contributed by atoms with Gasteiger partial charge in [-0.2, -0.15) is 0 Å². The molecular weight excluding hydrogens is 376 g/mol. The summed E-state index contributed by atoms with van der Waals surface area (Å²) in [6.07, 6.45) is 1.91. The molecule has 1 aliphatic heterocycles. The number of anilines is 1. The van der Waals surface area contributed by atoms with Crippen molar-refractivity contribution in [1.29, 1.82) is 0 Å². The molecule has 0 spiro atoms. The van der Waals surface area contributed by atoms with E-state index in [0.717, 1.165) is 60.6 Å². The Labute approximate surface area is 177 Å². The Morgan fingerprint density at radius 3 is 2.73 bits per heavy atom. The van der Waals surface area contributed by atoms with E-state index >= 15 is 0 Å². The number of likely N-dealkylation sites (tertiary alicyclic amines) is 1. The fourth-order valence-corrected chi connectivity index (χ4v) is 4.11. The van der Waals surface area contributed by atoms with Gasteiger partial charge in [0.25, 0.3) is 0 Å². The van der Waals surface area contributed by atoms with E-state index in [1.807, 2.05) is 48.5 Å². The number of para-hydroxylation sites is 2. The Bertz CT molecular complexity index is 976. The van der Waals surface area contributed by atoms with E-state index in [4.69, 9.17) is 0 Å². The minimum absolute atomic E-state index is 0.0247. The van der Waals surface area contributed by atoms with Gasteiger partial charge in [-0.25, -0.2) is 4.98 Å². The number of H-pyrrole nitrogens is 1. The number of hydrogen-bond acceptors (Lipinski definition) is 4. The van der Waals surface area contributed by atoms with Crippen LogP contribution in [0.3, 0.4) is 0 Å². The summed E-state index contributed by atoms with van der Waals surface area (Å²) in [5, 5.41) is 12.6. The van der Waals surface area contributed by atoms with Crippen molar-refractivity contribution in [3.05, 3.63) is 48.5 Å². The highest BCUT2D eigenvalue weighted by Gasteiger charge is 2.29. The van der Waals surface area contributed by atoms with Crippen LogP contribution in [0.1, 0.15) is 26.7 Å². The number of aromatic nitrogens is 2. The number of nitrogens with zero attached hydrogens (tertiary/aromatic N) is 2. The van der Waals surface area contributed by atoms with Gasteiger partial charge in [-0.05, 0) is 55.8 Å². The van der Waals surface area contributed by atoms with E-state index in [1.54, 1.807) is 0 Å². The van der Waals surface area contributed by atoms with Crippen molar-refractivity contribution >= 4 is 22.6 Å². The van der Waals surface area contributed by atoms with Gasteiger partial charge in [-0.1, -0.05) is 26.0 Å². The minimum Gasteiger partial charge on any atom is -0.396 e. The first kappa shape index (κ1) is 20.6. The van der Waals surface area contributed by atoms with E-state index in [2.05, 4.69) is 34.0 Å². The molecule has 1 aliphatic rings. The Morgan fingerprint density at radius 2 is 2.00 bits per heavy atom. The zero-order valence-electron chi connectivity index (χ0n) is 17.7. The monoisotopic (exact) mass is 406 g/mol. The molecule has 1 unspecified atom stereocenters. The highest BCUT2D eigenvalue weighted by Crippen LogP contribution is 2.25. The number of aromatic amines is 1. The fraction of sp³-hybridized carbons (Fsp3) is 0.417. The number of imidazole rings is 1. The number of amides is 1. The van der Waals surface area contributed by atoms with Crippen molar-refractivity contribution < 1.29 is 9.90 Å². The molecule has 0 radical (unpaired) electrons. The zero-order chi connectivity index (χ0) is 21.1. The molecule has 6 heteroatoms. The number of carbonyl (C=O) groups excluding carboxylic acids is 1. The molecule has 1 amide bonds. The normalized spacial score (nSPS) is 17.9. The van der Waals surface area contributed by atoms with Crippen LogP contribution in [0.25, 0.3) is 22.4 Å². The number of rotatable bonds is 6. The van der Waals surface area contributed by atoms with Crippen LogP contribution in [0.15, 0.2) is 48.5 Å². The molecule has 2 heterocycles. The first-order chi connectivity index (χ1) is 14.4. The lowest BCUT2D eigenvalue weighted by atomic mass is 9.90. The molecule has 1 atom stereocenters. The van der Waals surface area contributed by atoms with Crippen molar-refractivity contribution in [2.45, 2.75) is 26.7 Å². The number of aliphatic hydroxyl groups is 1. The Balaban J connectivity index is 1.38. The molecule has 1 saturated heterocycles. The fourth-order valence-electron chi connectivity index (χ4n) is 4.11. The maximum Gasteiger partial charge on any atom is 0.228 e. The second-order valence-corrected chi connectivity index (χ2v) is 9.07. The van der Waals surface area contributed by atoms with Crippen molar-refractivity contribution in [1.82, 2.24) is 14.9 Å². The van der Waals surface area contributed by atoms with Crippen molar-refractivity contribution in [3.8, 4) is 11.4 Å². The zero-order valence-corrected chi connectivity index (χ0v) is 17.7. The maximum absolute atomic E-state index is 12.8. The molecule has 0 bridgehead atoms. The molecule has 2 aromatic carbocycles. The number of carbonyl (C=O) groups is 1. The largest absolute Gasteiger partial charge is 0.396 e. The lowest BCUT2D eigenvalue weighted by molar-refractivity contribution is -0.121. The molecule has 0 aliphatic carbocycles. The first-order valence-electron chi connectivity index (χ1n) is 10.6. The van der Waals surface area contributed by atoms with Gasteiger partial charge in [-0.3, -0.25) is 4.79 Å². The summed E-state index contributed by atoms with van der Waals surface area (Å²) in [5.41, 5.74) is 3.59. The molecule has 0 saturated carbocycles. The molecule has 3 aromatic rings. The van der Waals surface area contributed by atoms with Gasteiger partial charge in [0, 0.05) is 36.4 Å². The summed E-state index contributed by atoms with van der Waals surface area (Å²) in [4.78, 5) is 23.1. The average Bonchev–Trinajstić information content (AvgIpc) is 3.18. The van der Waals surface area contributed by atoms with Crippen LogP contribution in [-0.4, -0.2) is 52.1 Å². The molecule has 30 heavy (non-hydrogen) atoms. The summed E-state index contributed by atoms with van der Waals surface area (Å²) >= 11 is 0. The standard InChI is InChI=1S/C24H30N4O2/c1-24(2,16-29)15-28-13-5-6-18(14-28)23(30)25-19-11-9-17(10-12-19)22-26-20-7-3-4-8-21(20)27-22/h3-4,7-12,18,29H,5-6,13-16H2,1-2H3,(H,25,30)(H,26,27). The maximum atomic E-state index is 12.8. The van der Waals surface area contributed by atoms with Crippen molar-refractivity contribution in [2.24, 2.45) is 11.3 Å². The quantitative estimate of drug-likeness (QED) is 0.580. The van der Waals surface area contributed by atoms with Gasteiger partial charge >= 0.3 is 0 Å². The van der Waals surface area contributed by atoms with E-state index in [0.29, 0.717) is 0 Å². The van der Waals surface area contributed by atoms with Crippen LogP contribution in [0.5, 0.6) is 0 Å². The number of fused-ring (bicyclic) bond motifs is 1. The Morgan fingerprint density at radius 1 is 1.23 bits per heavy atom. The lowest BCUT2D eigenvalue weighted by Crippen LogP contribution is -2.45. The van der Waals surface area contributed by atoms with Crippen LogP contribution in [0, 0.1) is 11.3 Å². The van der Waals surface area contributed by atoms with E-state index in [9.17, 15) is 9.90 Å². The summed E-state index contributed by atoms with van der Waals surface area (Å²) < 4.78 is 0. The predicted molar refractivity (Wildman–Crippen MR) is 120 cm³/mol. The van der Waals surface area contributed by atoms with Gasteiger partial charge in [0.1, 0.15) is 5.82 Å². The summed E-state index contributed by atoms with van der Waals surface area (Å²) in [6.45, 7) is 6.80. The Hall–Kier alpha value is -2.70. The molecule has 1 aromatic heterocycles. The molecule has 158 valence electrons. The van der Waals surface area contributed by atoms with Crippen molar-refractivity contribution in [2.75, 3.05) is 31.6 Å². The molecular formula is C24H30N4O2. The second kappa shape index (κ2) is 8.58. The smallest absolute Gasteiger partial charge is 0.228 e. The summed E-state index contributed by atoms with van der Waals surface area (Å²) in [5.74, 6) is 0.866. The lowest BCUT2D eigenvalue weighted by Gasteiger charge is -2.36. The number of piperidine rings is 1. The highest BCUT2D eigenvalue weighted by atomic mass is 16.3. The SMILES string of the molecule is CC(C)(CO)CN1CCCC(C(=O)Nc2ccc(-c3nc4ccccc4[nH]3)cc2)C1. The topological polar surface area (TPSA) is 81.2 Å². The van der Waals surface area contributed by atoms with Crippen LogP contribution < -0.4 is 5.32 Å². The van der Waals surface area contributed by atoms with Crippen LogP contribution in [-0.2, 0) is 4.79 Å². The van der Waals surface area contributed by atoms with Gasteiger partial charge in [0.05, 0.1) is 17.0 Å². The second-order valence-electron chi connectivity index (χ2n) is 9.07. The summed E-state index contributed by atoms with van der Waals surface area (Å²) in [6, 6.07) is 15.8. The molecule has 1 fully saturated rings. The van der Waals surface area contributed by atoms with Gasteiger partial charge < -0.3 is 20.3 Å². The van der Waals surface area contributed by atoms with Gasteiger partial charge in [-0.15, -0.1) is 0 Å². The van der Waals surface area contributed by atoms with E-state index in [1.165, 1.54) is 0 Å². The third-order valence-electron chi connectivity index (χ3n) is 5.77. The Kier molecular flexibility index (Phi) is 5.88. The van der Waals surface area contributed by atoms with Crippen molar-refractivity contribution in [3.63, 3.8) is 0 Å². The molecule has 4 rings (SSSR count). The molecule has 3 N–H and O–H groups in total. The highest BCUT2D eigenvalue weighted by molar-refractivity contribution is 5.93. The average molecular weight is 407 g/mol. The third kappa shape index (κ3) is 4.71. The van der Waals surface area contributed by atoms with E-state index < -0.39 is 0 Å². The van der Waals surface area contributed by atoms with Crippen LogP contribution >= 0.6 is 0 Å². The molecule has 6 nitrogen and oxygen atoms in total. The van der Waals surface area contributed by atoms with Crippen LogP contribution in [0.4, 0.5) is 5.69 Å². The third-order valence-corrected chi connectivity index (χ3v) is 5.77. The minimum atomic E-state index is -0.148. The van der Waals surface area contributed by atoms with E-state index in [-0.39, 0.29) is 23.8 Å². The number of aliphatic hydroxyl groups excluding tert-OH is 1. The number of hydrogen-bond donors (Lipinski definition) is 3. The first-order valence-corrected chi connectivity index (χ1v) is 10.6. The van der Waals surface area contributed by atoms with Gasteiger partial charge in [0.2, 0.25) is 5.91 Å². The van der Waals surface area contributed by atoms with Gasteiger partial charge in [0.15, 0.2) is 0 Å². The van der Waals surface area contributed by atoms with Crippen LogP contribution in [0.2, 0.25) is 0 Å². The number of nitrogens with one attached hydrogen (secondary N) is 2. The predicted octanol–water partition coefficient (Wildman–Crippen LogP) is 3.90.